The molecule has 0 bridgehead atoms. The molecule has 0 N–H and O–H groups in total. The third-order valence-corrected chi connectivity index (χ3v) is 2.15. The van der Waals surface area contributed by atoms with Gasteiger partial charge >= 0.3 is 5.69 Å². The van der Waals surface area contributed by atoms with Crippen LogP contribution in [0.4, 0.5) is 10.1 Å². The zero-order valence-electron chi connectivity index (χ0n) is 8.71. The SMILES string of the molecule is O=[N+]([O-])c1cc(F)ccc1Oc1cc(Cl)ncn1. The van der Waals surface area contributed by atoms with Crippen LogP contribution >= 0.6 is 11.6 Å². The zero-order valence-corrected chi connectivity index (χ0v) is 9.46. The Hall–Kier alpha value is -2.28. The van der Waals surface area contributed by atoms with E-state index in [9.17, 15) is 14.5 Å². The van der Waals surface area contributed by atoms with E-state index in [1.54, 1.807) is 0 Å². The Kier molecular flexibility index (Phi) is 3.33. The van der Waals surface area contributed by atoms with Crippen LogP contribution in [0, 0.1) is 15.9 Å². The van der Waals surface area contributed by atoms with Crippen LogP contribution in [0.2, 0.25) is 5.15 Å². The molecule has 0 amide bonds. The van der Waals surface area contributed by atoms with Gasteiger partial charge in [-0.25, -0.2) is 14.4 Å². The number of hydrogen-bond donors (Lipinski definition) is 0. The number of aromatic nitrogens is 2. The monoisotopic (exact) mass is 269 g/mol. The normalized spacial score (nSPS) is 10.1. The Morgan fingerprint density at radius 3 is 2.78 bits per heavy atom. The minimum absolute atomic E-state index is 0.0321. The summed E-state index contributed by atoms with van der Waals surface area (Å²) in [5.41, 5.74) is -0.496. The maximum absolute atomic E-state index is 12.9. The van der Waals surface area contributed by atoms with Crippen LogP contribution in [0.25, 0.3) is 0 Å². The Morgan fingerprint density at radius 1 is 1.33 bits per heavy atom. The first kappa shape index (κ1) is 12.2. The molecule has 92 valence electrons. The van der Waals surface area contributed by atoms with Crippen molar-refractivity contribution in [1.82, 2.24) is 9.97 Å². The van der Waals surface area contributed by atoms with Gasteiger partial charge in [-0.1, -0.05) is 11.6 Å². The van der Waals surface area contributed by atoms with Crippen molar-refractivity contribution >= 4 is 17.3 Å². The van der Waals surface area contributed by atoms with Gasteiger partial charge in [-0.2, -0.15) is 0 Å². The topological polar surface area (TPSA) is 78.2 Å². The first-order valence-corrected chi connectivity index (χ1v) is 5.03. The first-order valence-electron chi connectivity index (χ1n) is 4.65. The average molecular weight is 270 g/mol. The molecule has 0 saturated heterocycles. The quantitative estimate of drug-likeness (QED) is 0.486. The number of ether oxygens (including phenoxy) is 1. The number of nitrogens with zero attached hydrogens (tertiary/aromatic N) is 3. The lowest BCUT2D eigenvalue weighted by atomic mass is 10.3. The van der Waals surface area contributed by atoms with Crippen molar-refractivity contribution in [3.8, 4) is 11.6 Å². The predicted octanol–water partition coefficient (Wildman–Crippen LogP) is 2.97. The Labute approximate surface area is 105 Å². The van der Waals surface area contributed by atoms with Crippen LogP contribution in [0.3, 0.4) is 0 Å². The van der Waals surface area contributed by atoms with E-state index in [1.807, 2.05) is 0 Å². The summed E-state index contributed by atoms with van der Waals surface area (Å²) in [6.07, 6.45) is 1.15. The molecule has 0 unspecified atom stereocenters. The zero-order chi connectivity index (χ0) is 13.1. The molecule has 1 aromatic carbocycles. The summed E-state index contributed by atoms with van der Waals surface area (Å²) in [6.45, 7) is 0. The summed E-state index contributed by atoms with van der Waals surface area (Å²) in [4.78, 5) is 17.3. The molecule has 18 heavy (non-hydrogen) atoms. The highest BCUT2D eigenvalue weighted by molar-refractivity contribution is 6.29. The van der Waals surface area contributed by atoms with E-state index >= 15 is 0 Å². The maximum atomic E-state index is 12.9. The number of hydrogen-bond acceptors (Lipinski definition) is 5. The van der Waals surface area contributed by atoms with E-state index in [4.69, 9.17) is 16.3 Å². The molecule has 0 fully saturated rings. The first-order chi connectivity index (χ1) is 8.56. The van der Waals surface area contributed by atoms with E-state index in [0.29, 0.717) is 0 Å². The van der Waals surface area contributed by atoms with Crippen LogP contribution < -0.4 is 4.74 Å². The molecule has 0 aliphatic carbocycles. The number of rotatable bonds is 3. The third kappa shape index (κ3) is 2.69. The molecule has 0 spiro atoms. The molecular formula is C10H5ClFN3O3. The molecule has 0 aliphatic rings. The summed E-state index contributed by atoms with van der Waals surface area (Å²) in [5.74, 6) is -0.823. The van der Waals surface area contributed by atoms with Crippen LogP contribution in [0.15, 0.2) is 30.6 Å². The summed E-state index contributed by atoms with van der Waals surface area (Å²) in [7, 11) is 0. The molecule has 1 aromatic heterocycles. The maximum Gasteiger partial charge on any atom is 0.314 e. The van der Waals surface area contributed by atoms with Crippen LogP contribution in [-0.4, -0.2) is 14.9 Å². The van der Waals surface area contributed by atoms with Crippen LogP contribution in [-0.2, 0) is 0 Å². The summed E-state index contributed by atoms with van der Waals surface area (Å²) >= 11 is 5.61. The van der Waals surface area contributed by atoms with Crippen LogP contribution in [0.1, 0.15) is 0 Å². The van der Waals surface area contributed by atoms with Crippen molar-refractivity contribution in [2.24, 2.45) is 0 Å². The van der Waals surface area contributed by atoms with Crippen molar-refractivity contribution in [2.75, 3.05) is 0 Å². The minimum Gasteiger partial charge on any atom is -0.432 e. The third-order valence-electron chi connectivity index (χ3n) is 1.94. The number of halogens is 2. The second kappa shape index (κ2) is 4.92. The summed E-state index contributed by atoms with van der Waals surface area (Å²) in [6, 6.07) is 4.24. The molecule has 2 aromatic rings. The fourth-order valence-electron chi connectivity index (χ4n) is 1.21. The largest absolute Gasteiger partial charge is 0.432 e. The van der Waals surface area contributed by atoms with Crippen LogP contribution in [0.5, 0.6) is 11.6 Å². The highest BCUT2D eigenvalue weighted by Crippen LogP contribution is 2.31. The van der Waals surface area contributed by atoms with Gasteiger partial charge in [-0.3, -0.25) is 10.1 Å². The molecule has 2 rings (SSSR count). The lowest BCUT2D eigenvalue weighted by molar-refractivity contribution is -0.385. The van der Waals surface area contributed by atoms with Crippen molar-refractivity contribution in [2.45, 2.75) is 0 Å². The highest BCUT2D eigenvalue weighted by atomic mass is 35.5. The molecule has 1 heterocycles. The smallest absolute Gasteiger partial charge is 0.314 e. The number of nitro benzene ring substituents is 1. The van der Waals surface area contributed by atoms with Gasteiger partial charge in [0.1, 0.15) is 17.3 Å². The van der Waals surface area contributed by atoms with Gasteiger partial charge in [0, 0.05) is 6.07 Å². The van der Waals surface area contributed by atoms with Gasteiger partial charge in [0.2, 0.25) is 11.6 Å². The second-order valence-electron chi connectivity index (χ2n) is 3.15. The lowest BCUT2D eigenvalue weighted by Gasteiger charge is -2.04. The predicted molar refractivity (Wildman–Crippen MR) is 60.2 cm³/mol. The van der Waals surface area contributed by atoms with Crippen molar-refractivity contribution in [3.05, 3.63) is 51.7 Å². The van der Waals surface area contributed by atoms with Gasteiger partial charge in [0.05, 0.1) is 11.0 Å². The van der Waals surface area contributed by atoms with Crippen molar-refractivity contribution in [1.29, 1.82) is 0 Å². The fraction of sp³-hybridized carbons (Fsp3) is 0. The number of benzene rings is 1. The Bertz CT molecular complexity index is 609. The van der Waals surface area contributed by atoms with E-state index in [2.05, 4.69) is 9.97 Å². The number of nitro groups is 1. The standard InChI is InChI=1S/C10H5ClFN3O3/c11-9-4-10(14-5-13-9)18-8-2-1-6(12)3-7(8)15(16)17/h1-5H. The average Bonchev–Trinajstić information content (AvgIpc) is 2.31. The van der Waals surface area contributed by atoms with Gasteiger partial charge in [0.15, 0.2) is 0 Å². The Morgan fingerprint density at radius 2 is 2.11 bits per heavy atom. The van der Waals surface area contributed by atoms with Crippen molar-refractivity contribution in [3.63, 3.8) is 0 Å². The van der Waals surface area contributed by atoms with E-state index in [0.717, 1.165) is 24.5 Å². The van der Waals surface area contributed by atoms with E-state index in [-0.39, 0.29) is 16.8 Å². The summed E-state index contributed by atoms with van der Waals surface area (Å²) < 4.78 is 18.1. The van der Waals surface area contributed by atoms with E-state index < -0.39 is 16.4 Å². The van der Waals surface area contributed by atoms with Gasteiger partial charge in [-0.05, 0) is 12.1 Å². The molecule has 0 radical (unpaired) electrons. The molecule has 8 heteroatoms. The second-order valence-corrected chi connectivity index (χ2v) is 3.54. The highest BCUT2D eigenvalue weighted by Gasteiger charge is 2.17. The van der Waals surface area contributed by atoms with Gasteiger partial charge in [-0.15, -0.1) is 0 Å². The lowest BCUT2D eigenvalue weighted by Crippen LogP contribution is -1.95. The van der Waals surface area contributed by atoms with Crippen molar-refractivity contribution < 1.29 is 14.1 Å². The van der Waals surface area contributed by atoms with E-state index in [1.165, 1.54) is 6.07 Å². The molecular weight excluding hydrogens is 265 g/mol. The molecule has 0 aliphatic heterocycles. The van der Waals surface area contributed by atoms with Gasteiger partial charge in [0.25, 0.3) is 0 Å². The minimum atomic E-state index is -0.749. The Balaban J connectivity index is 2.37. The molecule has 6 nitrogen and oxygen atoms in total. The fourth-order valence-corrected chi connectivity index (χ4v) is 1.34. The molecule has 0 saturated carbocycles. The van der Waals surface area contributed by atoms with Gasteiger partial charge < -0.3 is 4.74 Å². The molecule has 0 atom stereocenters. The summed E-state index contributed by atoms with van der Waals surface area (Å²) in [5, 5.41) is 10.9.